The fraction of sp³-hybridized carbons (Fsp3) is 0.286. The van der Waals surface area contributed by atoms with Gasteiger partial charge in [0, 0.05) is 34.7 Å². The van der Waals surface area contributed by atoms with Crippen LogP contribution in [0.3, 0.4) is 0 Å². The molecule has 0 fully saturated rings. The molecule has 5 N–H and O–H groups in total. The third-order valence-corrected chi connectivity index (χ3v) is 5.60. The molecule has 1 aliphatic heterocycles. The van der Waals surface area contributed by atoms with Crippen LogP contribution in [0.2, 0.25) is 10.0 Å². The number of rotatable bonds is 6. The number of likely N-dealkylation sites (N-methyl/N-ethyl adjacent to an activating group) is 1. The highest BCUT2D eigenvalue weighted by molar-refractivity contribution is 6.35. The first-order chi connectivity index (χ1) is 14.6. The zero-order valence-corrected chi connectivity index (χ0v) is 18.2. The molecule has 1 unspecified atom stereocenters. The van der Waals surface area contributed by atoms with Crippen LogP contribution >= 0.6 is 23.2 Å². The minimum absolute atomic E-state index is 0.0172. The predicted molar refractivity (Wildman–Crippen MR) is 118 cm³/mol. The first kappa shape index (κ1) is 22.9. The van der Waals surface area contributed by atoms with Crippen LogP contribution in [0, 0.1) is 0 Å². The minimum Gasteiger partial charge on any atom is -0.480 e. The Morgan fingerprint density at radius 3 is 2.68 bits per heavy atom. The van der Waals surface area contributed by atoms with E-state index in [-0.39, 0.29) is 5.92 Å². The Labute approximate surface area is 189 Å². The number of nitrogens with one attached hydrogen (secondary N) is 2. The molecule has 164 valence electrons. The van der Waals surface area contributed by atoms with Crippen molar-refractivity contribution in [3.05, 3.63) is 63.1 Å². The topological polar surface area (TPSA) is 125 Å². The van der Waals surface area contributed by atoms with Crippen LogP contribution in [0.1, 0.15) is 29.0 Å². The summed E-state index contributed by atoms with van der Waals surface area (Å²) in [5.41, 5.74) is 8.49. The quantitative estimate of drug-likeness (QED) is 0.522. The number of nitrogens with zero attached hydrogens (tertiary/aromatic N) is 1. The second kappa shape index (κ2) is 9.55. The second-order valence-corrected chi connectivity index (χ2v) is 8.33. The molecule has 2 aromatic rings. The summed E-state index contributed by atoms with van der Waals surface area (Å²) in [6, 6.07) is 8.71. The Hall–Kier alpha value is -2.81. The van der Waals surface area contributed by atoms with E-state index in [2.05, 4.69) is 15.5 Å². The van der Waals surface area contributed by atoms with Crippen molar-refractivity contribution < 1.29 is 19.5 Å². The van der Waals surface area contributed by atoms with Crippen molar-refractivity contribution in [2.75, 3.05) is 18.9 Å². The van der Waals surface area contributed by atoms with Crippen molar-refractivity contribution in [2.24, 2.45) is 5.73 Å². The molecule has 0 saturated heterocycles. The standard InChI is InChI=1S/C21H22Cl2N4O4/c1-27-9-15(14-6-12(22)7-17(23)16(14)10-27)11-3-2-4-13(5-11)25-21(31)26-18(20(29)30)8-19(24)28/h2-7,15,18H,8-10H2,1H3,(H2,24,28)(H,29,30)(H2,25,26,31)/t15?,18-/m0/s1. The lowest BCUT2D eigenvalue weighted by Crippen LogP contribution is -2.45. The van der Waals surface area contributed by atoms with Gasteiger partial charge in [-0.2, -0.15) is 0 Å². The number of hydrogen-bond acceptors (Lipinski definition) is 4. The van der Waals surface area contributed by atoms with Crippen LogP contribution in [0.5, 0.6) is 0 Å². The summed E-state index contributed by atoms with van der Waals surface area (Å²) in [6.07, 6.45) is -0.504. The van der Waals surface area contributed by atoms with Crippen molar-refractivity contribution in [1.29, 1.82) is 0 Å². The Morgan fingerprint density at radius 2 is 2.00 bits per heavy atom. The molecule has 0 radical (unpaired) electrons. The van der Waals surface area contributed by atoms with Crippen molar-refractivity contribution in [1.82, 2.24) is 10.2 Å². The number of carboxylic acid groups (broad SMARTS) is 1. The first-order valence-electron chi connectivity index (χ1n) is 9.49. The number of hydrogen-bond donors (Lipinski definition) is 4. The lowest BCUT2D eigenvalue weighted by molar-refractivity contribution is -0.140. The number of carbonyl (C=O) groups is 3. The average molecular weight is 465 g/mol. The number of anilines is 1. The van der Waals surface area contributed by atoms with E-state index in [4.69, 9.17) is 34.0 Å². The summed E-state index contributed by atoms with van der Waals surface area (Å²) in [6.45, 7) is 1.44. The molecule has 0 spiro atoms. The largest absolute Gasteiger partial charge is 0.480 e. The zero-order chi connectivity index (χ0) is 22.7. The number of primary amides is 1. The maximum Gasteiger partial charge on any atom is 0.326 e. The Kier molecular flexibility index (Phi) is 7.04. The molecule has 8 nitrogen and oxygen atoms in total. The van der Waals surface area contributed by atoms with Crippen LogP contribution in [0.15, 0.2) is 36.4 Å². The number of carboxylic acids is 1. The van der Waals surface area contributed by atoms with Gasteiger partial charge in [-0.25, -0.2) is 9.59 Å². The van der Waals surface area contributed by atoms with Gasteiger partial charge in [0.15, 0.2) is 0 Å². The monoisotopic (exact) mass is 464 g/mol. The minimum atomic E-state index is -1.41. The average Bonchev–Trinajstić information content (AvgIpc) is 2.67. The van der Waals surface area contributed by atoms with E-state index >= 15 is 0 Å². The molecule has 0 saturated carbocycles. The molecule has 1 heterocycles. The lowest BCUT2D eigenvalue weighted by atomic mass is 9.84. The maximum absolute atomic E-state index is 12.3. The van der Waals surface area contributed by atoms with E-state index in [0.29, 0.717) is 22.3 Å². The second-order valence-electron chi connectivity index (χ2n) is 7.49. The van der Waals surface area contributed by atoms with Crippen molar-refractivity contribution >= 4 is 46.8 Å². The number of aliphatic carboxylic acids is 1. The Morgan fingerprint density at radius 1 is 1.26 bits per heavy atom. The van der Waals surface area contributed by atoms with E-state index in [9.17, 15) is 14.4 Å². The summed E-state index contributed by atoms with van der Waals surface area (Å²) in [5.74, 6) is -2.19. The van der Waals surface area contributed by atoms with Gasteiger partial charge in [-0.05, 0) is 48.0 Å². The van der Waals surface area contributed by atoms with E-state index in [1.807, 2.05) is 25.2 Å². The highest BCUT2D eigenvalue weighted by Gasteiger charge is 2.27. The molecule has 31 heavy (non-hydrogen) atoms. The number of urea groups is 1. The highest BCUT2D eigenvalue weighted by Crippen LogP contribution is 2.38. The Balaban J connectivity index is 1.82. The Bertz CT molecular complexity index is 1030. The predicted octanol–water partition coefficient (Wildman–Crippen LogP) is 3.02. The summed E-state index contributed by atoms with van der Waals surface area (Å²) < 4.78 is 0. The fourth-order valence-electron chi connectivity index (χ4n) is 3.69. The lowest BCUT2D eigenvalue weighted by Gasteiger charge is -2.33. The molecule has 0 bridgehead atoms. The van der Waals surface area contributed by atoms with Crippen molar-refractivity contribution in [3.63, 3.8) is 0 Å². The molecule has 1 aliphatic rings. The van der Waals surface area contributed by atoms with Crippen LogP contribution in [-0.2, 0) is 16.1 Å². The molecule has 3 rings (SSSR count). The number of fused-ring (bicyclic) bond motifs is 1. The molecule has 0 aliphatic carbocycles. The molecular weight excluding hydrogens is 443 g/mol. The van der Waals surface area contributed by atoms with Crippen LogP contribution in [0.4, 0.5) is 10.5 Å². The number of carbonyl (C=O) groups excluding carboxylic acids is 2. The fourth-order valence-corrected chi connectivity index (χ4v) is 4.26. The van der Waals surface area contributed by atoms with E-state index in [1.165, 1.54) is 0 Å². The number of benzene rings is 2. The van der Waals surface area contributed by atoms with Crippen molar-refractivity contribution in [3.8, 4) is 0 Å². The van der Waals surface area contributed by atoms with Gasteiger partial charge in [0.2, 0.25) is 5.91 Å². The van der Waals surface area contributed by atoms with Crippen LogP contribution in [0.25, 0.3) is 0 Å². The molecule has 3 amide bonds. The van der Waals surface area contributed by atoms with Gasteiger partial charge in [0.1, 0.15) is 6.04 Å². The first-order valence-corrected chi connectivity index (χ1v) is 10.2. The number of halogens is 2. The third-order valence-electron chi connectivity index (χ3n) is 5.05. The summed E-state index contributed by atoms with van der Waals surface area (Å²) in [5, 5.41) is 15.2. The highest BCUT2D eigenvalue weighted by atomic mass is 35.5. The molecule has 0 aromatic heterocycles. The van der Waals surface area contributed by atoms with E-state index < -0.39 is 30.4 Å². The van der Waals surface area contributed by atoms with Crippen molar-refractivity contribution in [2.45, 2.75) is 24.9 Å². The van der Waals surface area contributed by atoms with Gasteiger partial charge in [-0.1, -0.05) is 35.3 Å². The zero-order valence-electron chi connectivity index (χ0n) is 16.7. The van der Waals surface area contributed by atoms with Crippen LogP contribution in [-0.4, -0.2) is 47.5 Å². The summed E-state index contributed by atoms with van der Waals surface area (Å²) >= 11 is 12.7. The SMILES string of the molecule is CN1Cc2c(Cl)cc(Cl)cc2C(c2cccc(NC(=O)N[C@@H](CC(N)=O)C(=O)O)c2)C1. The molecule has 2 aromatic carbocycles. The summed E-state index contributed by atoms with van der Waals surface area (Å²) in [7, 11) is 2.00. The number of amides is 3. The molecule has 2 atom stereocenters. The van der Waals surface area contributed by atoms with Gasteiger partial charge >= 0.3 is 12.0 Å². The van der Waals surface area contributed by atoms with E-state index in [1.54, 1.807) is 18.2 Å². The van der Waals surface area contributed by atoms with Crippen LogP contribution < -0.4 is 16.4 Å². The molecular formula is C21H22Cl2N4O4. The summed E-state index contributed by atoms with van der Waals surface area (Å²) in [4.78, 5) is 36.6. The van der Waals surface area contributed by atoms with Gasteiger partial charge in [-0.15, -0.1) is 0 Å². The van der Waals surface area contributed by atoms with Gasteiger partial charge < -0.3 is 26.4 Å². The molecule has 10 heteroatoms. The van der Waals surface area contributed by atoms with Gasteiger partial charge in [-0.3, -0.25) is 4.79 Å². The smallest absolute Gasteiger partial charge is 0.326 e. The third kappa shape index (κ3) is 5.66. The maximum atomic E-state index is 12.3. The normalized spacial score (nSPS) is 16.8. The number of nitrogens with two attached hydrogens (primary N) is 1. The van der Waals surface area contributed by atoms with Gasteiger partial charge in [0.05, 0.1) is 6.42 Å². The van der Waals surface area contributed by atoms with Gasteiger partial charge in [0.25, 0.3) is 0 Å². The van der Waals surface area contributed by atoms with E-state index in [0.717, 1.165) is 23.2 Å².